The molecule has 0 spiro atoms. The maximum Gasteiger partial charge on any atom is 0.0259 e. The van der Waals surface area contributed by atoms with Crippen molar-refractivity contribution in [3.05, 3.63) is 83.3 Å². The van der Waals surface area contributed by atoms with E-state index in [1.807, 2.05) is 0 Å². The molecule has 100 valence electrons. The van der Waals surface area contributed by atoms with Crippen LogP contribution in [0.25, 0.3) is 32.7 Å². The van der Waals surface area contributed by atoms with E-state index in [-0.39, 0.29) is 0 Å². The second-order valence-corrected chi connectivity index (χ2v) is 6.02. The highest BCUT2D eigenvalue weighted by Crippen LogP contribution is 2.37. The second kappa shape index (κ2) is 5.01. The fourth-order valence-electron chi connectivity index (χ4n) is 2.98. The van der Waals surface area contributed by atoms with Gasteiger partial charge in [0.15, 0.2) is 0 Å². The fourth-order valence-corrected chi connectivity index (χ4v) is 3.58. The van der Waals surface area contributed by atoms with Crippen LogP contribution >= 0.6 is 15.9 Å². The van der Waals surface area contributed by atoms with E-state index in [1.54, 1.807) is 0 Å². The lowest BCUT2D eigenvalue weighted by molar-refractivity contribution is 1.67. The molecule has 0 radical (unpaired) electrons. The van der Waals surface area contributed by atoms with Gasteiger partial charge in [0.25, 0.3) is 0 Å². The van der Waals surface area contributed by atoms with E-state index in [0.29, 0.717) is 0 Å². The second-order valence-electron chi connectivity index (χ2n) is 5.17. The van der Waals surface area contributed by atoms with Crippen LogP contribution in [0.1, 0.15) is 0 Å². The highest BCUT2D eigenvalue weighted by atomic mass is 79.9. The number of fused-ring (bicyclic) bond motifs is 2. The van der Waals surface area contributed by atoms with Crippen molar-refractivity contribution < 1.29 is 0 Å². The van der Waals surface area contributed by atoms with Gasteiger partial charge in [0.1, 0.15) is 0 Å². The molecule has 21 heavy (non-hydrogen) atoms. The first kappa shape index (κ1) is 12.6. The molecule has 0 aromatic heterocycles. The summed E-state index contributed by atoms with van der Waals surface area (Å²) in [6.45, 7) is 0. The van der Waals surface area contributed by atoms with E-state index >= 15 is 0 Å². The molecule has 0 aliphatic carbocycles. The summed E-state index contributed by atoms with van der Waals surface area (Å²) in [6, 6.07) is 27.9. The predicted octanol–water partition coefficient (Wildman–Crippen LogP) is 6.42. The van der Waals surface area contributed by atoms with E-state index in [2.05, 4.69) is 94.8 Å². The van der Waals surface area contributed by atoms with Crippen molar-refractivity contribution in [1.29, 1.82) is 0 Å². The number of benzene rings is 4. The van der Waals surface area contributed by atoms with Crippen molar-refractivity contribution in [2.45, 2.75) is 0 Å². The first-order valence-electron chi connectivity index (χ1n) is 7.00. The molecule has 4 aromatic rings. The van der Waals surface area contributed by atoms with Crippen molar-refractivity contribution in [1.82, 2.24) is 0 Å². The van der Waals surface area contributed by atoms with E-state index in [4.69, 9.17) is 0 Å². The Morgan fingerprint density at radius 2 is 1.14 bits per heavy atom. The Kier molecular flexibility index (Phi) is 3.01. The Morgan fingerprint density at radius 1 is 0.524 bits per heavy atom. The average Bonchev–Trinajstić information content (AvgIpc) is 2.54. The SMILES string of the molecule is Brc1cccc2cccc(-c3cccc4ccccc34)c12. The Morgan fingerprint density at radius 3 is 2.00 bits per heavy atom. The van der Waals surface area contributed by atoms with Crippen molar-refractivity contribution in [3.8, 4) is 11.1 Å². The smallest absolute Gasteiger partial charge is 0.0259 e. The van der Waals surface area contributed by atoms with Gasteiger partial charge in [-0.2, -0.15) is 0 Å². The topological polar surface area (TPSA) is 0 Å². The van der Waals surface area contributed by atoms with Gasteiger partial charge in [0.2, 0.25) is 0 Å². The molecule has 0 fully saturated rings. The molecule has 4 rings (SSSR count). The maximum absolute atomic E-state index is 3.71. The van der Waals surface area contributed by atoms with Crippen LogP contribution < -0.4 is 0 Å². The first-order valence-corrected chi connectivity index (χ1v) is 7.79. The average molecular weight is 333 g/mol. The van der Waals surface area contributed by atoms with Gasteiger partial charge in [-0.15, -0.1) is 0 Å². The summed E-state index contributed by atoms with van der Waals surface area (Å²) in [5.41, 5.74) is 2.56. The predicted molar refractivity (Wildman–Crippen MR) is 94.6 cm³/mol. The zero-order chi connectivity index (χ0) is 14.2. The minimum absolute atomic E-state index is 1.14. The minimum atomic E-state index is 1.14. The van der Waals surface area contributed by atoms with E-state index in [1.165, 1.54) is 32.7 Å². The number of hydrogen-bond acceptors (Lipinski definition) is 0. The van der Waals surface area contributed by atoms with Crippen LogP contribution in [-0.4, -0.2) is 0 Å². The number of rotatable bonds is 1. The third-order valence-electron chi connectivity index (χ3n) is 3.93. The molecule has 0 aliphatic heterocycles. The van der Waals surface area contributed by atoms with Crippen molar-refractivity contribution in [2.75, 3.05) is 0 Å². The Bertz CT molecular complexity index is 943. The standard InChI is InChI=1S/C20H13Br/c21-19-13-5-9-15-8-4-12-18(20(15)19)17-11-3-7-14-6-1-2-10-16(14)17/h1-13H. The zero-order valence-corrected chi connectivity index (χ0v) is 13.0. The van der Waals surface area contributed by atoms with Gasteiger partial charge >= 0.3 is 0 Å². The van der Waals surface area contributed by atoms with Gasteiger partial charge in [-0.3, -0.25) is 0 Å². The van der Waals surface area contributed by atoms with E-state index < -0.39 is 0 Å². The lowest BCUT2D eigenvalue weighted by Gasteiger charge is -2.11. The van der Waals surface area contributed by atoms with Crippen LogP contribution in [0.2, 0.25) is 0 Å². The lowest BCUT2D eigenvalue weighted by atomic mass is 9.94. The fraction of sp³-hybridized carbons (Fsp3) is 0. The monoisotopic (exact) mass is 332 g/mol. The third kappa shape index (κ3) is 2.05. The van der Waals surface area contributed by atoms with Gasteiger partial charge < -0.3 is 0 Å². The maximum atomic E-state index is 3.71. The Labute approximate surface area is 132 Å². The van der Waals surface area contributed by atoms with Gasteiger partial charge in [-0.05, 0) is 33.4 Å². The number of hydrogen-bond donors (Lipinski definition) is 0. The van der Waals surface area contributed by atoms with Gasteiger partial charge in [0, 0.05) is 9.86 Å². The summed E-state index contributed by atoms with van der Waals surface area (Å²) in [7, 11) is 0. The van der Waals surface area contributed by atoms with Crippen LogP contribution in [0.3, 0.4) is 0 Å². The molecule has 0 nitrogen and oxygen atoms in total. The molecule has 0 saturated carbocycles. The van der Waals surface area contributed by atoms with Crippen molar-refractivity contribution in [3.63, 3.8) is 0 Å². The normalized spacial score (nSPS) is 11.1. The summed E-state index contributed by atoms with van der Waals surface area (Å²) in [5.74, 6) is 0. The van der Waals surface area contributed by atoms with Crippen LogP contribution in [0, 0.1) is 0 Å². The molecule has 0 N–H and O–H groups in total. The molecule has 4 aromatic carbocycles. The molecular formula is C20H13Br. The van der Waals surface area contributed by atoms with E-state index in [0.717, 1.165) is 4.47 Å². The van der Waals surface area contributed by atoms with Crippen LogP contribution in [-0.2, 0) is 0 Å². The quantitative estimate of drug-likeness (QED) is 0.377. The van der Waals surface area contributed by atoms with Crippen LogP contribution in [0.4, 0.5) is 0 Å². The Hall–Kier alpha value is -2.12. The summed E-state index contributed by atoms with van der Waals surface area (Å²) < 4.78 is 1.14. The molecular weight excluding hydrogens is 320 g/mol. The lowest BCUT2D eigenvalue weighted by Crippen LogP contribution is -1.84. The molecule has 0 heterocycles. The first-order chi connectivity index (χ1) is 10.3. The molecule has 0 bridgehead atoms. The third-order valence-corrected chi connectivity index (χ3v) is 4.59. The summed E-state index contributed by atoms with van der Waals surface area (Å²) in [5, 5.41) is 5.11. The van der Waals surface area contributed by atoms with Gasteiger partial charge in [-0.25, -0.2) is 0 Å². The molecule has 0 amide bonds. The molecule has 0 saturated heterocycles. The van der Waals surface area contributed by atoms with Crippen molar-refractivity contribution in [2.24, 2.45) is 0 Å². The minimum Gasteiger partial charge on any atom is -0.0616 e. The Balaban J connectivity index is 2.15. The highest BCUT2D eigenvalue weighted by Gasteiger charge is 2.09. The van der Waals surface area contributed by atoms with Gasteiger partial charge in [0.05, 0.1) is 0 Å². The molecule has 0 unspecified atom stereocenters. The molecule has 1 heteroatoms. The zero-order valence-electron chi connectivity index (χ0n) is 11.4. The van der Waals surface area contributed by atoms with Crippen LogP contribution in [0.5, 0.6) is 0 Å². The largest absolute Gasteiger partial charge is 0.0616 e. The molecule has 0 aliphatic rings. The van der Waals surface area contributed by atoms with Crippen LogP contribution in [0.15, 0.2) is 83.3 Å². The molecule has 0 atom stereocenters. The van der Waals surface area contributed by atoms with Gasteiger partial charge in [-0.1, -0.05) is 88.7 Å². The summed E-state index contributed by atoms with van der Waals surface area (Å²) in [4.78, 5) is 0. The summed E-state index contributed by atoms with van der Waals surface area (Å²) >= 11 is 3.71. The van der Waals surface area contributed by atoms with E-state index in [9.17, 15) is 0 Å². The summed E-state index contributed by atoms with van der Waals surface area (Å²) in [6.07, 6.45) is 0. The highest BCUT2D eigenvalue weighted by molar-refractivity contribution is 9.10. The number of halogens is 1. The van der Waals surface area contributed by atoms with Crippen molar-refractivity contribution >= 4 is 37.5 Å².